The zero-order valence-electron chi connectivity index (χ0n) is 10.3. The third kappa shape index (κ3) is 2.88. The molecule has 3 nitrogen and oxygen atoms in total. The van der Waals surface area contributed by atoms with Crippen LogP contribution in [0.4, 0.5) is 0 Å². The molecule has 0 saturated heterocycles. The van der Waals surface area contributed by atoms with Gasteiger partial charge in [-0.05, 0) is 12.5 Å². The van der Waals surface area contributed by atoms with Crippen molar-refractivity contribution in [1.29, 1.82) is 0 Å². The molecule has 1 unspecified atom stereocenters. The van der Waals surface area contributed by atoms with Gasteiger partial charge in [-0.15, -0.1) is 0 Å². The molecule has 0 amide bonds. The van der Waals surface area contributed by atoms with Gasteiger partial charge in [0.05, 0.1) is 0 Å². The number of aromatic hydroxyl groups is 1. The number of benzene rings is 2. The lowest BCUT2D eigenvalue weighted by molar-refractivity contribution is 0.154. The highest BCUT2D eigenvalue weighted by molar-refractivity contribution is 5.71. The molecule has 2 rings (SSSR count). The van der Waals surface area contributed by atoms with E-state index >= 15 is 0 Å². The third-order valence-corrected chi connectivity index (χ3v) is 2.79. The maximum Gasteiger partial charge on any atom is 0.127 e. The Morgan fingerprint density at radius 2 is 1.78 bits per heavy atom. The minimum absolute atomic E-state index is 0.261. The average Bonchev–Trinajstić information content (AvgIpc) is 2.38. The van der Waals surface area contributed by atoms with E-state index in [1.165, 1.54) is 0 Å². The molecule has 3 heteroatoms. The highest BCUT2D eigenvalue weighted by Crippen LogP contribution is 2.31. The summed E-state index contributed by atoms with van der Waals surface area (Å²) in [7, 11) is 0. The first kappa shape index (κ1) is 12.6. The molecule has 0 heterocycles. The number of aliphatic hydroxyl groups excluding tert-OH is 1. The minimum Gasteiger partial charge on any atom is -0.507 e. The molecule has 0 radical (unpaired) electrons. The van der Waals surface area contributed by atoms with Gasteiger partial charge >= 0.3 is 0 Å². The molecule has 3 N–H and O–H groups in total. The first-order valence-electron chi connectivity index (χ1n) is 5.96. The molecule has 0 saturated carbocycles. The summed E-state index contributed by atoms with van der Waals surface area (Å²) in [6, 6.07) is 15.4. The van der Waals surface area contributed by atoms with E-state index in [1.54, 1.807) is 6.92 Å². The van der Waals surface area contributed by atoms with Gasteiger partial charge < -0.3 is 10.2 Å². The van der Waals surface area contributed by atoms with Crippen LogP contribution < -0.4 is 5.32 Å². The van der Waals surface area contributed by atoms with E-state index in [1.807, 2.05) is 48.5 Å². The molecule has 0 aromatic heterocycles. The lowest BCUT2D eigenvalue weighted by Gasteiger charge is -2.12. The topological polar surface area (TPSA) is 52.5 Å². The monoisotopic (exact) mass is 243 g/mol. The van der Waals surface area contributed by atoms with Gasteiger partial charge in [0.15, 0.2) is 0 Å². The zero-order valence-corrected chi connectivity index (χ0v) is 10.3. The fourth-order valence-electron chi connectivity index (χ4n) is 1.84. The first-order chi connectivity index (χ1) is 8.68. The van der Waals surface area contributed by atoms with Crippen molar-refractivity contribution in [1.82, 2.24) is 5.32 Å². The maximum absolute atomic E-state index is 10.2. The van der Waals surface area contributed by atoms with Crippen molar-refractivity contribution in [3.05, 3.63) is 54.1 Å². The molecule has 18 heavy (non-hydrogen) atoms. The number of para-hydroxylation sites is 1. The van der Waals surface area contributed by atoms with Crippen LogP contribution >= 0.6 is 0 Å². The van der Waals surface area contributed by atoms with Crippen molar-refractivity contribution in [2.75, 3.05) is 0 Å². The standard InChI is InChI=1S/C15H17NO2/c1-11(17)16-10-13-8-5-9-14(15(13)18)12-6-3-2-4-7-12/h2-9,11,16-18H,10H2,1H3. The second kappa shape index (κ2) is 5.67. The Bertz CT molecular complexity index is 509. The Kier molecular flexibility index (Phi) is 3.97. The van der Waals surface area contributed by atoms with Crippen LogP contribution in [0.2, 0.25) is 0 Å². The quantitative estimate of drug-likeness (QED) is 0.723. The van der Waals surface area contributed by atoms with Gasteiger partial charge in [0.25, 0.3) is 0 Å². The number of nitrogens with one attached hydrogen (secondary N) is 1. The molecule has 2 aromatic carbocycles. The second-order valence-electron chi connectivity index (χ2n) is 4.24. The number of phenolic OH excluding ortho intramolecular Hbond substituents is 1. The van der Waals surface area contributed by atoms with E-state index in [-0.39, 0.29) is 5.75 Å². The van der Waals surface area contributed by atoms with E-state index in [4.69, 9.17) is 0 Å². The summed E-state index contributed by atoms with van der Waals surface area (Å²) in [4.78, 5) is 0. The molecular weight excluding hydrogens is 226 g/mol. The fraction of sp³-hybridized carbons (Fsp3) is 0.200. The number of aliphatic hydroxyl groups is 1. The van der Waals surface area contributed by atoms with Crippen LogP contribution in [0.5, 0.6) is 5.75 Å². The first-order valence-corrected chi connectivity index (χ1v) is 5.96. The summed E-state index contributed by atoms with van der Waals surface area (Å²) in [5.74, 6) is 0.261. The van der Waals surface area contributed by atoms with Gasteiger partial charge in [0.2, 0.25) is 0 Å². The van der Waals surface area contributed by atoms with Crippen molar-refractivity contribution in [3.8, 4) is 16.9 Å². The van der Waals surface area contributed by atoms with Crippen LogP contribution in [0.3, 0.4) is 0 Å². The summed E-state index contributed by atoms with van der Waals surface area (Å²) < 4.78 is 0. The summed E-state index contributed by atoms with van der Waals surface area (Å²) in [6.07, 6.45) is -0.593. The van der Waals surface area contributed by atoms with Gasteiger partial charge in [0.1, 0.15) is 12.0 Å². The Hall–Kier alpha value is -1.84. The van der Waals surface area contributed by atoms with Crippen molar-refractivity contribution < 1.29 is 10.2 Å². The van der Waals surface area contributed by atoms with Crippen LogP contribution in [0.25, 0.3) is 11.1 Å². The predicted octanol–water partition coefficient (Wildman–Crippen LogP) is 2.49. The highest BCUT2D eigenvalue weighted by atomic mass is 16.3. The Morgan fingerprint density at radius 1 is 1.06 bits per heavy atom. The number of hydrogen-bond acceptors (Lipinski definition) is 3. The van der Waals surface area contributed by atoms with Crippen molar-refractivity contribution >= 4 is 0 Å². The van der Waals surface area contributed by atoms with E-state index < -0.39 is 6.23 Å². The Morgan fingerprint density at radius 3 is 2.44 bits per heavy atom. The van der Waals surface area contributed by atoms with Crippen LogP contribution in [0, 0.1) is 0 Å². The molecule has 0 aliphatic carbocycles. The summed E-state index contributed by atoms with van der Waals surface area (Å²) in [6.45, 7) is 2.09. The van der Waals surface area contributed by atoms with Crippen molar-refractivity contribution in [2.24, 2.45) is 0 Å². The van der Waals surface area contributed by atoms with Crippen LogP contribution in [-0.4, -0.2) is 16.4 Å². The van der Waals surface area contributed by atoms with E-state index in [0.29, 0.717) is 6.54 Å². The predicted molar refractivity (Wildman–Crippen MR) is 72.1 cm³/mol. The molecule has 1 atom stereocenters. The minimum atomic E-state index is -0.593. The normalized spacial score (nSPS) is 12.3. The van der Waals surface area contributed by atoms with Crippen molar-refractivity contribution in [2.45, 2.75) is 19.7 Å². The van der Waals surface area contributed by atoms with Crippen LogP contribution in [0.1, 0.15) is 12.5 Å². The summed E-state index contributed by atoms with van der Waals surface area (Å²) in [5, 5.41) is 22.3. The summed E-state index contributed by atoms with van der Waals surface area (Å²) in [5.41, 5.74) is 2.56. The van der Waals surface area contributed by atoms with E-state index in [0.717, 1.165) is 16.7 Å². The largest absolute Gasteiger partial charge is 0.507 e. The Balaban J connectivity index is 2.30. The molecule has 0 spiro atoms. The highest BCUT2D eigenvalue weighted by Gasteiger charge is 2.08. The van der Waals surface area contributed by atoms with E-state index in [9.17, 15) is 10.2 Å². The number of phenols is 1. The number of hydrogen-bond donors (Lipinski definition) is 3. The SMILES string of the molecule is CC(O)NCc1cccc(-c2ccccc2)c1O. The smallest absolute Gasteiger partial charge is 0.127 e. The van der Waals surface area contributed by atoms with Crippen molar-refractivity contribution in [3.63, 3.8) is 0 Å². The molecule has 0 bridgehead atoms. The molecule has 0 fully saturated rings. The van der Waals surface area contributed by atoms with Gasteiger partial charge in [-0.2, -0.15) is 0 Å². The molecular formula is C15H17NO2. The van der Waals surface area contributed by atoms with Gasteiger partial charge in [-0.25, -0.2) is 0 Å². The third-order valence-electron chi connectivity index (χ3n) is 2.79. The van der Waals surface area contributed by atoms with Gasteiger partial charge in [-0.1, -0.05) is 48.5 Å². The zero-order chi connectivity index (χ0) is 13.0. The Labute approximate surface area is 107 Å². The fourth-order valence-corrected chi connectivity index (χ4v) is 1.84. The molecule has 0 aliphatic heterocycles. The lowest BCUT2D eigenvalue weighted by atomic mass is 10.0. The van der Waals surface area contributed by atoms with Crippen LogP contribution in [0.15, 0.2) is 48.5 Å². The molecule has 0 aliphatic rings. The number of rotatable bonds is 4. The lowest BCUT2D eigenvalue weighted by Crippen LogP contribution is -2.24. The van der Waals surface area contributed by atoms with Gasteiger partial charge in [-0.3, -0.25) is 5.32 Å². The second-order valence-corrected chi connectivity index (χ2v) is 4.24. The van der Waals surface area contributed by atoms with Gasteiger partial charge in [0, 0.05) is 17.7 Å². The van der Waals surface area contributed by atoms with E-state index in [2.05, 4.69) is 5.32 Å². The molecule has 2 aromatic rings. The average molecular weight is 243 g/mol. The summed E-state index contributed by atoms with van der Waals surface area (Å²) >= 11 is 0. The maximum atomic E-state index is 10.2. The van der Waals surface area contributed by atoms with Crippen LogP contribution in [-0.2, 0) is 6.54 Å². The molecule has 94 valence electrons.